The summed E-state index contributed by atoms with van der Waals surface area (Å²) in [6.45, 7) is 3.87. The lowest BCUT2D eigenvalue weighted by atomic mass is 9.95. The number of nitrogens with zero attached hydrogens (tertiary/aromatic N) is 3. The van der Waals surface area contributed by atoms with E-state index in [4.69, 9.17) is 21.8 Å². The molecule has 0 amide bonds. The molecule has 0 aromatic carbocycles. The molecule has 0 radical (unpaired) electrons. The quantitative estimate of drug-likeness (QED) is 0.878. The molecule has 0 saturated carbocycles. The van der Waals surface area contributed by atoms with Crippen molar-refractivity contribution in [2.75, 3.05) is 18.0 Å². The average molecular weight is 282 g/mol. The van der Waals surface area contributed by atoms with Crippen LogP contribution < -0.4 is 10.6 Å². The molecule has 19 heavy (non-hydrogen) atoms. The Morgan fingerprint density at radius 1 is 1.53 bits per heavy atom. The largest absolute Gasteiger partial charge is 0.441 e. The van der Waals surface area contributed by atoms with Crippen LogP contribution in [0.3, 0.4) is 0 Å². The first-order chi connectivity index (χ1) is 9.13. The summed E-state index contributed by atoms with van der Waals surface area (Å²) in [6.07, 6.45) is 1.05. The SMILES string of the molecule is CC1CCN(c2n[nH]c(-c3ccc(Cl)o3)n2)CC1N. The number of furan rings is 1. The lowest BCUT2D eigenvalue weighted by Crippen LogP contribution is -2.48. The Balaban J connectivity index is 1.78. The van der Waals surface area contributed by atoms with Gasteiger partial charge in [-0.05, 0) is 36.1 Å². The highest BCUT2D eigenvalue weighted by molar-refractivity contribution is 6.28. The number of halogens is 1. The average Bonchev–Trinajstić information content (AvgIpc) is 3.01. The Morgan fingerprint density at radius 3 is 3.05 bits per heavy atom. The third kappa shape index (κ3) is 2.46. The van der Waals surface area contributed by atoms with Gasteiger partial charge in [0.2, 0.25) is 5.95 Å². The van der Waals surface area contributed by atoms with Crippen LogP contribution in [0.25, 0.3) is 11.6 Å². The fourth-order valence-electron chi connectivity index (χ4n) is 2.23. The van der Waals surface area contributed by atoms with E-state index in [2.05, 4.69) is 27.0 Å². The van der Waals surface area contributed by atoms with Gasteiger partial charge in [-0.3, -0.25) is 5.10 Å². The molecular weight excluding hydrogens is 266 g/mol. The molecule has 1 aliphatic rings. The van der Waals surface area contributed by atoms with E-state index < -0.39 is 0 Å². The van der Waals surface area contributed by atoms with E-state index >= 15 is 0 Å². The van der Waals surface area contributed by atoms with Gasteiger partial charge in [-0.15, -0.1) is 5.10 Å². The molecule has 2 aromatic heterocycles. The Kier molecular flexibility index (Phi) is 3.20. The van der Waals surface area contributed by atoms with Gasteiger partial charge >= 0.3 is 0 Å². The highest BCUT2D eigenvalue weighted by Gasteiger charge is 2.25. The number of aromatic amines is 1. The van der Waals surface area contributed by atoms with Gasteiger partial charge in [0.25, 0.3) is 0 Å². The molecule has 1 aliphatic heterocycles. The minimum atomic E-state index is 0.161. The molecule has 7 heteroatoms. The van der Waals surface area contributed by atoms with Crippen LogP contribution in [0.15, 0.2) is 16.5 Å². The normalized spacial score (nSPS) is 23.8. The second-order valence-electron chi connectivity index (χ2n) is 4.96. The van der Waals surface area contributed by atoms with Gasteiger partial charge in [-0.25, -0.2) is 0 Å². The summed E-state index contributed by atoms with van der Waals surface area (Å²) in [4.78, 5) is 6.52. The lowest BCUT2D eigenvalue weighted by molar-refractivity contribution is 0.376. The van der Waals surface area contributed by atoms with Crippen molar-refractivity contribution in [2.24, 2.45) is 11.7 Å². The van der Waals surface area contributed by atoms with Gasteiger partial charge in [-0.2, -0.15) is 4.98 Å². The number of nitrogens with one attached hydrogen (secondary N) is 1. The Morgan fingerprint density at radius 2 is 2.37 bits per heavy atom. The number of H-pyrrole nitrogens is 1. The van der Waals surface area contributed by atoms with Gasteiger partial charge < -0.3 is 15.1 Å². The zero-order valence-corrected chi connectivity index (χ0v) is 11.4. The second kappa shape index (κ2) is 4.86. The van der Waals surface area contributed by atoms with Crippen molar-refractivity contribution in [2.45, 2.75) is 19.4 Å². The zero-order chi connectivity index (χ0) is 13.4. The minimum Gasteiger partial charge on any atom is -0.441 e. The Labute approximate surface area is 115 Å². The van der Waals surface area contributed by atoms with Gasteiger partial charge in [-0.1, -0.05) is 6.92 Å². The zero-order valence-electron chi connectivity index (χ0n) is 10.6. The molecule has 102 valence electrons. The third-order valence-corrected chi connectivity index (χ3v) is 3.78. The van der Waals surface area contributed by atoms with Crippen LogP contribution in [-0.4, -0.2) is 34.3 Å². The molecular formula is C12H16ClN5O. The highest BCUT2D eigenvalue weighted by atomic mass is 35.5. The predicted octanol–water partition coefficient (Wildman–Crippen LogP) is 1.89. The molecule has 3 rings (SSSR count). The Bertz CT molecular complexity index is 566. The molecule has 0 aliphatic carbocycles. The number of hydrogen-bond donors (Lipinski definition) is 2. The van der Waals surface area contributed by atoms with E-state index in [0.29, 0.717) is 28.7 Å². The van der Waals surface area contributed by atoms with Crippen LogP contribution in [0, 0.1) is 5.92 Å². The number of aromatic nitrogens is 3. The van der Waals surface area contributed by atoms with E-state index in [-0.39, 0.29) is 6.04 Å². The van der Waals surface area contributed by atoms with Crippen LogP contribution in [0.4, 0.5) is 5.95 Å². The molecule has 2 unspecified atom stereocenters. The monoisotopic (exact) mass is 281 g/mol. The molecule has 0 spiro atoms. The first kappa shape index (κ1) is 12.5. The standard InChI is InChI=1S/C12H16ClN5O/c1-7-4-5-18(6-8(7)14)12-15-11(16-17-12)9-2-3-10(13)19-9/h2-3,7-8H,4-6,14H2,1H3,(H,15,16,17). The van der Waals surface area contributed by atoms with Crippen molar-refractivity contribution in [3.63, 3.8) is 0 Å². The third-order valence-electron chi connectivity index (χ3n) is 3.58. The summed E-state index contributed by atoms with van der Waals surface area (Å²) >= 11 is 5.75. The summed E-state index contributed by atoms with van der Waals surface area (Å²) in [5.74, 6) is 2.36. The number of hydrogen-bond acceptors (Lipinski definition) is 5. The van der Waals surface area contributed by atoms with Crippen molar-refractivity contribution in [1.29, 1.82) is 0 Å². The summed E-state index contributed by atoms with van der Waals surface area (Å²) in [5, 5.41) is 7.41. The number of piperidine rings is 1. The molecule has 3 N–H and O–H groups in total. The molecule has 0 bridgehead atoms. The van der Waals surface area contributed by atoms with Crippen molar-refractivity contribution >= 4 is 17.5 Å². The fraction of sp³-hybridized carbons (Fsp3) is 0.500. The minimum absolute atomic E-state index is 0.161. The summed E-state index contributed by atoms with van der Waals surface area (Å²) < 4.78 is 5.30. The van der Waals surface area contributed by atoms with Crippen LogP contribution in [0.1, 0.15) is 13.3 Å². The van der Waals surface area contributed by atoms with E-state index in [1.807, 2.05) is 0 Å². The van der Waals surface area contributed by atoms with Gasteiger partial charge in [0.1, 0.15) is 0 Å². The molecule has 3 heterocycles. The first-order valence-electron chi connectivity index (χ1n) is 6.32. The smallest absolute Gasteiger partial charge is 0.245 e. The topological polar surface area (TPSA) is 84.0 Å². The molecule has 1 fully saturated rings. The summed E-state index contributed by atoms with van der Waals surface area (Å²) in [7, 11) is 0. The van der Waals surface area contributed by atoms with Crippen molar-refractivity contribution in [1.82, 2.24) is 15.2 Å². The maximum absolute atomic E-state index is 6.08. The van der Waals surface area contributed by atoms with Gasteiger partial charge in [0, 0.05) is 19.1 Å². The maximum Gasteiger partial charge on any atom is 0.245 e. The van der Waals surface area contributed by atoms with Crippen molar-refractivity contribution < 1.29 is 4.42 Å². The summed E-state index contributed by atoms with van der Waals surface area (Å²) in [6, 6.07) is 3.60. The molecule has 2 atom stereocenters. The van der Waals surface area contributed by atoms with E-state index in [0.717, 1.165) is 19.5 Å². The van der Waals surface area contributed by atoms with E-state index in [1.54, 1.807) is 12.1 Å². The lowest BCUT2D eigenvalue weighted by Gasteiger charge is -2.34. The highest BCUT2D eigenvalue weighted by Crippen LogP contribution is 2.24. The maximum atomic E-state index is 6.08. The fourth-order valence-corrected chi connectivity index (χ4v) is 2.37. The van der Waals surface area contributed by atoms with E-state index in [1.165, 1.54) is 0 Å². The van der Waals surface area contributed by atoms with Crippen molar-refractivity contribution in [3.05, 3.63) is 17.4 Å². The number of rotatable bonds is 2. The second-order valence-corrected chi connectivity index (χ2v) is 5.34. The first-order valence-corrected chi connectivity index (χ1v) is 6.70. The van der Waals surface area contributed by atoms with Crippen LogP contribution in [0.5, 0.6) is 0 Å². The number of anilines is 1. The van der Waals surface area contributed by atoms with Gasteiger partial charge in [0.05, 0.1) is 0 Å². The molecule has 6 nitrogen and oxygen atoms in total. The van der Waals surface area contributed by atoms with Crippen LogP contribution in [0.2, 0.25) is 5.22 Å². The van der Waals surface area contributed by atoms with Crippen LogP contribution in [-0.2, 0) is 0 Å². The van der Waals surface area contributed by atoms with Gasteiger partial charge in [0.15, 0.2) is 16.8 Å². The molecule has 1 saturated heterocycles. The predicted molar refractivity (Wildman–Crippen MR) is 73.1 cm³/mol. The van der Waals surface area contributed by atoms with Crippen LogP contribution >= 0.6 is 11.6 Å². The number of nitrogens with two attached hydrogens (primary N) is 1. The molecule has 2 aromatic rings. The summed E-state index contributed by atoms with van der Waals surface area (Å²) in [5.41, 5.74) is 6.08. The van der Waals surface area contributed by atoms with Crippen molar-refractivity contribution in [3.8, 4) is 11.6 Å². The van der Waals surface area contributed by atoms with E-state index in [9.17, 15) is 0 Å². The Hall–Kier alpha value is -1.53.